The number of piperidine rings is 1. The Labute approximate surface area is 130 Å². The number of aliphatic hydroxyl groups excluding tert-OH is 1. The first kappa shape index (κ1) is 16.0. The summed E-state index contributed by atoms with van der Waals surface area (Å²) in [6.45, 7) is 3.03. The molecule has 1 saturated heterocycles. The predicted molar refractivity (Wildman–Crippen MR) is 85.5 cm³/mol. The molecular formula is C16H22N2O2S. The number of nitrogens with one attached hydrogen (secondary N) is 1. The molecule has 0 radical (unpaired) electrons. The fourth-order valence-electron chi connectivity index (χ4n) is 2.51. The topological polar surface area (TPSA) is 52.6 Å². The van der Waals surface area contributed by atoms with Crippen LogP contribution in [0.2, 0.25) is 0 Å². The molecule has 0 aromatic carbocycles. The monoisotopic (exact) mass is 306 g/mol. The summed E-state index contributed by atoms with van der Waals surface area (Å²) in [6.07, 6.45) is 2.86. The van der Waals surface area contributed by atoms with E-state index in [9.17, 15) is 4.79 Å². The normalized spacial score (nSPS) is 18.9. The maximum absolute atomic E-state index is 12.1. The highest BCUT2D eigenvalue weighted by Gasteiger charge is 2.18. The van der Waals surface area contributed by atoms with Gasteiger partial charge in [-0.3, -0.25) is 4.79 Å². The number of rotatable bonds is 4. The van der Waals surface area contributed by atoms with Gasteiger partial charge in [-0.05, 0) is 38.4 Å². The number of hydrogen-bond donors (Lipinski definition) is 2. The maximum atomic E-state index is 12.1. The van der Waals surface area contributed by atoms with Crippen LogP contribution >= 0.6 is 11.3 Å². The number of carbonyl (C=O) groups excluding carboxylic acids is 1. The Bertz CT molecular complexity index is 530. The molecule has 0 spiro atoms. The van der Waals surface area contributed by atoms with Gasteiger partial charge in [-0.15, -0.1) is 11.3 Å². The van der Waals surface area contributed by atoms with E-state index in [0.29, 0.717) is 17.9 Å². The molecule has 2 N–H and O–H groups in total. The highest BCUT2D eigenvalue weighted by Crippen LogP contribution is 2.16. The smallest absolute Gasteiger partial charge is 0.252 e. The Morgan fingerprint density at radius 3 is 3.24 bits per heavy atom. The van der Waals surface area contributed by atoms with Crippen molar-refractivity contribution in [1.29, 1.82) is 0 Å². The number of hydrogen-bond acceptors (Lipinski definition) is 4. The standard InChI is InChI=1S/C16H22N2O2S/c1-18-7-4-5-13(11-18)10-17-16(20)14-9-15(21-12-14)6-2-3-8-19/h9,12-13,19H,3-5,7-8,10-11H2,1H3,(H,17,20). The van der Waals surface area contributed by atoms with Gasteiger partial charge in [0.2, 0.25) is 0 Å². The summed E-state index contributed by atoms with van der Waals surface area (Å²) < 4.78 is 0. The lowest BCUT2D eigenvalue weighted by atomic mass is 9.98. The molecule has 0 aliphatic carbocycles. The summed E-state index contributed by atoms with van der Waals surface area (Å²) in [5.74, 6) is 6.35. The molecule has 1 amide bonds. The molecule has 4 nitrogen and oxygen atoms in total. The molecule has 1 aliphatic rings. The van der Waals surface area contributed by atoms with Crippen molar-refractivity contribution in [2.24, 2.45) is 5.92 Å². The maximum Gasteiger partial charge on any atom is 0.252 e. The van der Waals surface area contributed by atoms with Gasteiger partial charge in [0.25, 0.3) is 5.91 Å². The van der Waals surface area contributed by atoms with Crippen LogP contribution in [0.25, 0.3) is 0 Å². The molecule has 5 heteroatoms. The van der Waals surface area contributed by atoms with Gasteiger partial charge in [-0.1, -0.05) is 11.8 Å². The van der Waals surface area contributed by atoms with Gasteiger partial charge >= 0.3 is 0 Å². The van der Waals surface area contributed by atoms with Gasteiger partial charge in [0.15, 0.2) is 0 Å². The SMILES string of the molecule is CN1CCCC(CNC(=O)c2csc(C#CCCO)c2)C1. The van der Waals surface area contributed by atoms with Crippen LogP contribution in [0.3, 0.4) is 0 Å². The Morgan fingerprint density at radius 1 is 1.62 bits per heavy atom. The van der Waals surface area contributed by atoms with Crippen molar-refractivity contribution in [3.8, 4) is 11.8 Å². The molecule has 1 fully saturated rings. The van der Waals surface area contributed by atoms with E-state index in [4.69, 9.17) is 5.11 Å². The predicted octanol–water partition coefficient (Wildman–Crippen LogP) is 1.55. The lowest BCUT2D eigenvalue weighted by molar-refractivity contribution is 0.0937. The second-order valence-electron chi connectivity index (χ2n) is 5.46. The zero-order chi connectivity index (χ0) is 15.1. The average Bonchev–Trinajstić information content (AvgIpc) is 2.94. The first-order valence-electron chi connectivity index (χ1n) is 7.34. The van der Waals surface area contributed by atoms with Crippen LogP contribution < -0.4 is 5.32 Å². The van der Waals surface area contributed by atoms with Gasteiger partial charge in [-0.25, -0.2) is 0 Å². The number of nitrogens with zero attached hydrogens (tertiary/aromatic N) is 1. The molecular weight excluding hydrogens is 284 g/mol. The van der Waals surface area contributed by atoms with Crippen molar-refractivity contribution < 1.29 is 9.90 Å². The summed E-state index contributed by atoms with van der Waals surface area (Å²) in [7, 11) is 2.13. The van der Waals surface area contributed by atoms with E-state index in [-0.39, 0.29) is 12.5 Å². The van der Waals surface area contributed by atoms with Crippen molar-refractivity contribution in [3.05, 3.63) is 21.9 Å². The Morgan fingerprint density at radius 2 is 2.48 bits per heavy atom. The summed E-state index contributed by atoms with van der Waals surface area (Å²) in [6, 6.07) is 1.82. The summed E-state index contributed by atoms with van der Waals surface area (Å²) in [5, 5.41) is 13.5. The lowest BCUT2D eigenvalue weighted by Gasteiger charge is -2.29. The van der Waals surface area contributed by atoms with Gasteiger partial charge in [0.05, 0.1) is 17.0 Å². The highest BCUT2D eigenvalue weighted by molar-refractivity contribution is 7.10. The minimum atomic E-state index is -0.0188. The van der Waals surface area contributed by atoms with Crippen molar-refractivity contribution in [2.75, 3.05) is 33.3 Å². The van der Waals surface area contributed by atoms with Crippen molar-refractivity contribution in [1.82, 2.24) is 10.2 Å². The molecule has 1 aliphatic heterocycles. The van der Waals surface area contributed by atoms with Crippen molar-refractivity contribution in [3.63, 3.8) is 0 Å². The van der Waals surface area contributed by atoms with Crippen LogP contribution in [0.4, 0.5) is 0 Å². The minimum absolute atomic E-state index is 0.0188. The van der Waals surface area contributed by atoms with E-state index in [0.717, 1.165) is 24.5 Å². The second kappa shape index (κ2) is 8.18. The molecule has 2 heterocycles. The third kappa shape index (κ3) is 5.16. The molecule has 1 aromatic rings. The zero-order valence-electron chi connectivity index (χ0n) is 12.4. The van der Waals surface area contributed by atoms with Crippen LogP contribution in [0.5, 0.6) is 0 Å². The van der Waals surface area contributed by atoms with Crippen molar-refractivity contribution >= 4 is 17.2 Å². The van der Waals surface area contributed by atoms with E-state index >= 15 is 0 Å². The van der Waals surface area contributed by atoms with E-state index < -0.39 is 0 Å². The molecule has 1 unspecified atom stereocenters. The van der Waals surface area contributed by atoms with Crippen molar-refractivity contribution in [2.45, 2.75) is 19.3 Å². The number of aliphatic hydroxyl groups is 1. The van der Waals surface area contributed by atoms with Crippen LogP contribution in [-0.2, 0) is 0 Å². The first-order valence-corrected chi connectivity index (χ1v) is 8.22. The van der Waals surface area contributed by atoms with E-state index in [1.54, 1.807) is 0 Å². The van der Waals surface area contributed by atoms with E-state index in [1.807, 2.05) is 11.4 Å². The summed E-state index contributed by atoms with van der Waals surface area (Å²) >= 11 is 1.47. The Hall–Kier alpha value is -1.35. The minimum Gasteiger partial charge on any atom is -0.395 e. The fourth-order valence-corrected chi connectivity index (χ4v) is 3.26. The summed E-state index contributed by atoms with van der Waals surface area (Å²) in [4.78, 5) is 15.3. The van der Waals surface area contributed by atoms with E-state index in [1.165, 1.54) is 24.2 Å². The second-order valence-corrected chi connectivity index (χ2v) is 6.37. The Balaban J connectivity index is 1.82. The number of amides is 1. The van der Waals surface area contributed by atoms with Crippen LogP contribution in [0.1, 0.15) is 34.5 Å². The Kier molecular flexibility index (Phi) is 6.24. The molecule has 2 rings (SSSR count). The van der Waals surface area contributed by atoms with Crippen LogP contribution in [-0.4, -0.2) is 49.2 Å². The summed E-state index contributed by atoms with van der Waals surface area (Å²) in [5.41, 5.74) is 0.678. The average molecular weight is 306 g/mol. The molecule has 1 aromatic heterocycles. The quantitative estimate of drug-likeness (QED) is 0.830. The van der Waals surface area contributed by atoms with Gasteiger partial charge in [0.1, 0.15) is 0 Å². The zero-order valence-corrected chi connectivity index (χ0v) is 13.2. The third-order valence-electron chi connectivity index (χ3n) is 3.58. The largest absolute Gasteiger partial charge is 0.395 e. The highest BCUT2D eigenvalue weighted by atomic mass is 32.1. The first-order chi connectivity index (χ1) is 10.2. The number of likely N-dealkylation sites (tertiary alicyclic amines) is 1. The van der Waals surface area contributed by atoms with Gasteiger partial charge in [0, 0.05) is 24.9 Å². The molecule has 21 heavy (non-hydrogen) atoms. The third-order valence-corrected chi connectivity index (χ3v) is 4.43. The number of thiophene rings is 1. The van der Waals surface area contributed by atoms with Crippen LogP contribution in [0, 0.1) is 17.8 Å². The molecule has 0 bridgehead atoms. The van der Waals surface area contributed by atoms with Crippen LogP contribution in [0.15, 0.2) is 11.4 Å². The molecule has 0 saturated carbocycles. The molecule has 1 atom stereocenters. The number of carbonyl (C=O) groups is 1. The molecule has 114 valence electrons. The van der Waals surface area contributed by atoms with E-state index in [2.05, 4.69) is 29.1 Å². The van der Waals surface area contributed by atoms with Gasteiger partial charge in [-0.2, -0.15) is 0 Å². The lowest BCUT2D eigenvalue weighted by Crippen LogP contribution is -2.39. The fraction of sp³-hybridized carbons (Fsp3) is 0.562. The van der Waals surface area contributed by atoms with Gasteiger partial charge < -0.3 is 15.3 Å².